The lowest BCUT2D eigenvalue weighted by molar-refractivity contribution is 0.654. The van der Waals surface area contributed by atoms with Crippen LogP contribution >= 0.6 is 0 Å². The third kappa shape index (κ3) is 1.72. The molecular formula is C12H18N2O. The van der Waals surface area contributed by atoms with E-state index in [-0.39, 0.29) is 5.56 Å². The molecule has 0 amide bonds. The molecule has 1 aromatic rings. The average Bonchev–Trinajstić information content (AvgIpc) is 2.27. The van der Waals surface area contributed by atoms with E-state index in [9.17, 15) is 4.79 Å². The molecule has 3 nitrogen and oxygen atoms in total. The Balaban J connectivity index is 2.65. The number of rotatable bonds is 2. The zero-order valence-corrected chi connectivity index (χ0v) is 9.23. The summed E-state index contributed by atoms with van der Waals surface area (Å²) in [4.78, 5) is 14.8. The van der Waals surface area contributed by atoms with Crippen LogP contribution in [0.25, 0.3) is 0 Å². The highest BCUT2D eigenvalue weighted by Gasteiger charge is 2.17. The smallest absolute Gasteiger partial charge is 0.252 e. The van der Waals surface area contributed by atoms with Gasteiger partial charge >= 0.3 is 0 Å². The van der Waals surface area contributed by atoms with E-state index in [0.29, 0.717) is 6.54 Å². The molecule has 0 bridgehead atoms. The quantitative estimate of drug-likeness (QED) is 0.765. The van der Waals surface area contributed by atoms with Gasteiger partial charge in [0.2, 0.25) is 0 Å². The summed E-state index contributed by atoms with van der Waals surface area (Å²) in [7, 11) is 0. The van der Waals surface area contributed by atoms with Crippen molar-refractivity contribution in [1.82, 2.24) is 4.98 Å². The van der Waals surface area contributed by atoms with Crippen LogP contribution in [0.5, 0.6) is 0 Å². The van der Waals surface area contributed by atoms with E-state index in [1.807, 2.05) is 0 Å². The Labute approximate surface area is 89.7 Å². The number of hydrogen-bond acceptors (Lipinski definition) is 2. The Morgan fingerprint density at radius 3 is 2.67 bits per heavy atom. The van der Waals surface area contributed by atoms with Crippen molar-refractivity contribution in [3.8, 4) is 0 Å². The first kappa shape index (κ1) is 10.4. The summed E-state index contributed by atoms with van der Waals surface area (Å²) in [5, 5.41) is 0. The van der Waals surface area contributed by atoms with Crippen LogP contribution in [0.15, 0.2) is 4.79 Å². The molecule has 0 atom stereocenters. The summed E-state index contributed by atoms with van der Waals surface area (Å²) in [5.41, 5.74) is 10.2. The van der Waals surface area contributed by atoms with Gasteiger partial charge in [-0.3, -0.25) is 4.79 Å². The largest absolute Gasteiger partial charge is 0.326 e. The van der Waals surface area contributed by atoms with Crippen LogP contribution in [0.4, 0.5) is 0 Å². The predicted octanol–water partition coefficient (Wildman–Crippen LogP) is 1.27. The van der Waals surface area contributed by atoms with Crippen LogP contribution in [-0.2, 0) is 25.8 Å². The second-order valence-corrected chi connectivity index (χ2v) is 4.13. The van der Waals surface area contributed by atoms with Crippen LogP contribution in [-0.4, -0.2) is 4.98 Å². The number of pyridine rings is 1. The molecule has 15 heavy (non-hydrogen) atoms. The SMILES string of the molecule is CCc1c2c([nH]c(=O)c1CN)CCCC2. The first-order valence-corrected chi connectivity index (χ1v) is 5.73. The van der Waals surface area contributed by atoms with Gasteiger partial charge in [0.05, 0.1) is 0 Å². The molecule has 3 heteroatoms. The zero-order valence-electron chi connectivity index (χ0n) is 9.23. The lowest BCUT2D eigenvalue weighted by Gasteiger charge is -2.20. The second kappa shape index (κ2) is 4.19. The Kier molecular flexibility index (Phi) is 2.91. The van der Waals surface area contributed by atoms with Crippen LogP contribution in [0, 0.1) is 0 Å². The summed E-state index contributed by atoms with van der Waals surface area (Å²) < 4.78 is 0. The maximum atomic E-state index is 11.8. The highest BCUT2D eigenvalue weighted by molar-refractivity contribution is 5.38. The van der Waals surface area contributed by atoms with E-state index in [0.717, 1.165) is 30.5 Å². The normalized spacial score (nSPS) is 15.1. The van der Waals surface area contributed by atoms with Crippen LogP contribution in [0.2, 0.25) is 0 Å². The highest BCUT2D eigenvalue weighted by atomic mass is 16.1. The Morgan fingerprint density at radius 1 is 1.27 bits per heavy atom. The fourth-order valence-electron chi connectivity index (χ4n) is 2.55. The molecule has 0 saturated heterocycles. The molecule has 1 heterocycles. The van der Waals surface area contributed by atoms with Crippen molar-refractivity contribution in [3.05, 3.63) is 32.7 Å². The van der Waals surface area contributed by atoms with Crippen molar-refractivity contribution in [2.75, 3.05) is 0 Å². The molecule has 1 aromatic heterocycles. The standard InChI is InChI=1S/C12H18N2O/c1-2-8-9-5-3-4-6-11(9)14-12(15)10(8)7-13/h2-7,13H2,1H3,(H,14,15). The van der Waals surface area contributed by atoms with Gasteiger partial charge in [-0.2, -0.15) is 0 Å². The van der Waals surface area contributed by atoms with E-state index in [2.05, 4.69) is 11.9 Å². The van der Waals surface area contributed by atoms with Crippen molar-refractivity contribution >= 4 is 0 Å². The van der Waals surface area contributed by atoms with Gasteiger partial charge in [-0.25, -0.2) is 0 Å². The molecule has 0 spiro atoms. The molecule has 82 valence electrons. The third-order valence-electron chi connectivity index (χ3n) is 3.29. The number of H-pyrrole nitrogens is 1. The number of aromatic amines is 1. The van der Waals surface area contributed by atoms with E-state index in [1.165, 1.54) is 24.0 Å². The number of nitrogens with one attached hydrogen (secondary N) is 1. The van der Waals surface area contributed by atoms with E-state index >= 15 is 0 Å². The van der Waals surface area contributed by atoms with E-state index in [4.69, 9.17) is 5.73 Å². The molecule has 0 aliphatic heterocycles. The van der Waals surface area contributed by atoms with Gasteiger partial charge in [-0.1, -0.05) is 6.92 Å². The Hall–Kier alpha value is -1.09. The first-order valence-electron chi connectivity index (χ1n) is 5.73. The van der Waals surface area contributed by atoms with Gasteiger partial charge in [0.1, 0.15) is 0 Å². The summed E-state index contributed by atoms with van der Waals surface area (Å²) in [6.07, 6.45) is 5.45. The molecule has 0 aromatic carbocycles. The van der Waals surface area contributed by atoms with Crippen molar-refractivity contribution < 1.29 is 0 Å². The summed E-state index contributed by atoms with van der Waals surface area (Å²) >= 11 is 0. The fourth-order valence-corrected chi connectivity index (χ4v) is 2.55. The average molecular weight is 206 g/mol. The molecule has 0 saturated carbocycles. The number of aromatic nitrogens is 1. The van der Waals surface area contributed by atoms with Crippen LogP contribution in [0.3, 0.4) is 0 Å². The number of aryl methyl sites for hydroxylation is 1. The van der Waals surface area contributed by atoms with Crippen LogP contribution in [0.1, 0.15) is 42.1 Å². The molecule has 1 aliphatic carbocycles. The van der Waals surface area contributed by atoms with Gasteiger partial charge in [-0.05, 0) is 43.2 Å². The highest BCUT2D eigenvalue weighted by Crippen LogP contribution is 2.23. The van der Waals surface area contributed by atoms with Crippen molar-refractivity contribution in [2.24, 2.45) is 5.73 Å². The first-order chi connectivity index (χ1) is 7.27. The van der Waals surface area contributed by atoms with Gasteiger partial charge in [0.15, 0.2) is 0 Å². The van der Waals surface area contributed by atoms with E-state index < -0.39 is 0 Å². The van der Waals surface area contributed by atoms with Crippen LogP contribution < -0.4 is 11.3 Å². The summed E-state index contributed by atoms with van der Waals surface area (Å²) in [6, 6.07) is 0. The minimum absolute atomic E-state index is 0.0231. The zero-order chi connectivity index (χ0) is 10.8. The molecule has 0 unspecified atom stereocenters. The second-order valence-electron chi connectivity index (χ2n) is 4.13. The van der Waals surface area contributed by atoms with Crippen molar-refractivity contribution in [3.63, 3.8) is 0 Å². The van der Waals surface area contributed by atoms with E-state index in [1.54, 1.807) is 0 Å². The number of fused-ring (bicyclic) bond motifs is 1. The van der Waals surface area contributed by atoms with Gasteiger partial charge in [0.25, 0.3) is 5.56 Å². The van der Waals surface area contributed by atoms with Gasteiger partial charge < -0.3 is 10.7 Å². The molecule has 0 fully saturated rings. The maximum Gasteiger partial charge on any atom is 0.252 e. The Morgan fingerprint density at radius 2 is 2.00 bits per heavy atom. The molecule has 1 aliphatic rings. The lowest BCUT2D eigenvalue weighted by atomic mass is 9.89. The minimum atomic E-state index is 0.0231. The van der Waals surface area contributed by atoms with Gasteiger partial charge in [-0.15, -0.1) is 0 Å². The van der Waals surface area contributed by atoms with Gasteiger partial charge in [0, 0.05) is 17.8 Å². The molecular weight excluding hydrogens is 188 g/mol. The fraction of sp³-hybridized carbons (Fsp3) is 0.583. The molecule has 0 radical (unpaired) electrons. The summed E-state index contributed by atoms with van der Waals surface area (Å²) in [5.74, 6) is 0. The molecule has 3 N–H and O–H groups in total. The molecule has 2 rings (SSSR count). The minimum Gasteiger partial charge on any atom is -0.326 e. The lowest BCUT2D eigenvalue weighted by Crippen LogP contribution is -2.24. The predicted molar refractivity (Wildman–Crippen MR) is 61.0 cm³/mol. The monoisotopic (exact) mass is 206 g/mol. The number of nitrogens with two attached hydrogens (primary N) is 1. The summed E-state index contributed by atoms with van der Waals surface area (Å²) in [6.45, 7) is 2.45. The Bertz CT molecular complexity index is 420. The third-order valence-corrected chi connectivity index (χ3v) is 3.29. The number of hydrogen-bond donors (Lipinski definition) is 2. The van der Waals surface area contributed by atoms with Crippen molar-refractivity contribution in [2.45, 2.75) is 45.6 Å². The van der Waals surface area contributed by atoms with Crippen molar-refractivity contribution in [1.29, 1.82) is 0 Å². The topological polar surface area (TPSA) is 58.9 Å². The maximum absolute atomic E-state index is 11.8.